The van der Waals surface area contributed by atoms with Crippen LogP contribution in [-0.4, -0.2) is 22.4 Å². The number of nitrogen functional groups attached to an aromatic ring is 1. The summed E-state index contributed by atoms with van der Waals surface area (Å²) in [6, 6.07) is 10.6. The van der Waals surface area contributed by atoms with Crippen molar-refractivity contribution in [1.29, 1.82) is 0 Å². The van der Waals surface area contributed by atoms with Gasteiger partial charge in [0.15, 0.2) is 5.65 Å². The molecule has 0 aliphatic rings. The number of hydrogen-bond donors (Lipinski definition) is 1. The number of nitrogens with two attached hydrogens (primary N) is 1. The van der Waals surface area contributed by atoms with Gasteiger partial charge in [0.25, 0.3) is 0 Å². The van der Waals surface area contributed by atoms with Crippen LogP contribution in [0.15, 0.2) is 48.8 Å². The smallest absolute Gasteiger partial charge is 0.244 e. The summed E-state index contributed by atoms with van der Waals surface area (Å²) in [5.41, 5.74) is 7.00. The minimum absolute atomic E-state index is 0. The van der Waals surface area contributed by atoms with Gasteiger partial charge in [0.05, 0.1) is 11.9 Å². The molecule has 0 radical (unpaired) electrons. The second kappa shape index (κ2) is 5.71. The quantitative estimate of drug-likeness (QED) is 0.793. The van der Waals surface area contributed by atoms with Gasteiger partial charge in [0.1, 0.15) is 11.3 Å². The fraction of sp³-hybridized carbons (Fsp3) is 0.0769. The highest BCUT2D eigenvalue weighted by molar-refractivity contribution is 7.89. The van der Waals surface area contributed by atoms with Crippen LogP contribution in [0.3, 0.4) is 0 Å². The van der Waals surface area contributed by atoms with E-state index in [9.17, 15) is 8.42 Å². The Morgan fingerprint density at radius 1 is 1.14 bits per heavy atom. The molecule has 3 rings (SSSR count). The van der Waals surface area contributed by atoms with Gasteiger partial charge in [-0.05, 0) is 11.6 Å². The Balaban J connectivity index is 0.00000161. The maximum Gasteiger partial charge on any atom is 0.244 e. The largest absolute Gasteiger partial charge is 0.382 e. The Bertz CT molecular complexity index is 862. The average molecular weight is 325 g/mol. The molecule has 21 heavy (non-hydrogen) atoms. The summed E-state index contributed by atoms with van der Waals surface area (Å²) in [7, 11) is -3.54. The molecule has 2 heterocycles. The zero-order chi connectivity index (χ0) is 14.2. The number of fused-ring (bicyclic) bond motifs is 1. The van der Waals surface area contributed by atoms with E-state index in [1.54, 1.807) is 30.3 Å². The van der Waals surface area contributed by atoms with Crippen molar-refractivity contribution < 1.29 is 8.42 Å². The summed E-state index contributed by atoms with van der Waals surface area (Å²) in [5.74, 6) is 0.166. The van der Waals surface area contributed by atoms with E-state index in [1.807, 2.05) is 6.07 Å². The van der Waals surface area contributed by atoms with E-state index >= 15 is 0 Å². The van der Waals surface area contributed by atoms with E-state index < -0.39 is 10.0 Å². The molecule has 1 aromatic carbocycles. The summed E-state index contributed by atoms with van der Waals surface area (Å²) in [6.45, 7) is 0. The minimum Gasteiger partial charge on any atom is -0.382 e. The Kier molecular flexibility index (Phi) is 4.15. The van der Waals surface area contributed by atoms with Crippen molar-refractivity contribution in [1.82, 2.24) is 13.9 Å². The summed E-state index contributed by atoms with van der Waals surface area (Å²) in [6.07, 6.45) is 2.79. The van der Waals surface area contributed by atoms with Gasteiger partial charge in [-0.3, -0.25) is 0 Å². The van der Waals surface area contributed by atoms with Gasteiger partial charge in [0, 0.05) is 6.20 Å². The Hall–Kier alpha value is -2.12. The zero-order valence-electron chi connectivity index (χ0n) is 10.9. The number of halogens is 1. The van der Waals surface area contributed by atoms with E-state index in [2.05, 4.69) is 9.97 Å². The second-order valence-corrected chi connectivity index (χ2v) is 6.20. The van der Waals surface area contributed by atoms with Crippen LogP contribution in [-0.2, 0) is 15.8 Å². The molecule has 0 bridgehead atoms. The van der Waals surface area contributed by atoms with Crippen molar-refractivity contribution in [2.75, 3.05) is 5.73 Å². The third-order valence-corrected chi connectivity index (χ3v) is 4.46. The Morgan fingerprint density at radius 3 is 2.57 bits per heavy atom. The lowest BCUT2D eigenvalue weighted by Gasteiger charge is -2.06. The molecule has 0 saturated carbocycles. The van der Waals surface area contributed by atoms with Crippen LogP contribution < -0.4 is 5.73 Å². The first-order valence-corrected chi connectivity index (χ1v) is 7.54. The van der Waals surface area contributed by atoms with Crippen molar-refractivity contribution in [2.45, 2.75) is 5.75 Å². The van der Waals surface area contributed by atoms with Crippen LogP contribution in [0.2, 0.25) is 0 Å². The molecular weight excluding hydrogens is 312 g/mol. The summed E-state index contributed by atoms with van der Waals surface area (Å²) in [4.78, 5) is 8.09. The molecule has 6 nitrogen and oxygen atoms in total. The van der Waals surface area contributed by atoms with Gasteiger partial charge >= 0.3 is 0 Å². The average Bonchev–Trinajstić information content (AvgIpc) is 2.83. The van der Waals surface area contributed by atoms with Crippen molar-refractivity contribution in [3.8, 4) is 0 Å². The maximum atomic E-state index is 12.4. The predicted molar refractivity (Wildman–Crippen MR) is 83.7 cm³/mol. The fourth-order valence-electron chi connectivity index (χ4n) is 1.98. The highest BCUT2D eigenvalue weighted by Crippen LogP contribution is 2.17. The lowest BCUT2D eigenvalue weighted by Crippen LogP contribution is -2.14. The molecule has 2 N–H and O–H groups in total. The summed E-state index contributed by atoms with van der Waals surface area (Å²) in [5, 5.41) is 0. The van der Waals surface area contributed by atoms with Crippen molar-refractivity contribution in [3.63, 3.8) is 0 Å². The fourth-order valence-corrected chi connectivity index (χ4v) is 3.38. The highest BCUT2D eigenvalue weighted by Gasteiger charge is 2.18. The predicted octanol–water partition coefficient (Wildman–Crippen LogP) is 1.81. The molecule has 0 atom stereocenters. The molecule has 0 fully saturated rings. The van der Waals surface area contributed by atoms with Crippen molar-refractivity contribution in [2.24, 2.45) is 0 Å². The SMILES string of the molecule is Cl.Nc1cnc2c(ccn2S(=O)(=O)Cc2ccccc2)n1. The van der Waals surface area contributed by atoms with Crippen LogP contribution in [0, 0.1) is 0 Å². The number of nitrogens with zero attached hydrogens (tertiary/aromatic N) is 3. The number of rotatable bonds is 3. The van der Waals surface area contributed by atoms with Gasteiger partial charge in [-0.15, -0.1) is 12.4 Å². The van der Waals surface area contributed by atoms with Gasteiger partial charge in [-0.25, -0.2) is 22.4 Å². The highest BCUT2D eigenvalue weighted by atomic mass is 35.5. The number of hydrogen-bond acceptors (Lipinski definition) is 5. The van der Waals surface area contributed by atoms with Crippen LogP contribution in [0.4, 0.5) is 5.82 Å². The van der Waals surface area contributed by atoms with Crippen LogP contribution in [0.1, 0.15) is 5.56 Å². The molecule has 2 aromatic heterocycles. The van der Waals surface area contributed by atoms with E-state index in [0.717, 1.165) is 9.54 Å². The summed E-state index contributed by atoms with van der Waals surface area (Å²) >= 11 is 0. The first-order chi connectivity index (χ1) is 9.56. The van der Waals surface area contributed by atoms with Crippen molar-refractivity contribution in [3.05, 3.63) is 54.4 Å². The molecule has 110 valence electrons. The molecule has 8 heteroatoms. The molecule has 0 amide bonds. The molecule has 0 aliphatic heterocycles. The van der Waals surface area contributed by atoms with E-state index in [4.69, 9.17) is 5.73 Å². The zero-order valence-corrected chi connectivity index (χ0v) is 12.5. The third-order valence-electron chi connectivity index (χ3n) is 2.87. The Labute approximate surface area is 128 Å². The Morgan fingerprint density at radius 2 is 1.86 bits per heavy atom. The number of benzene rings is 1. The van der Waals surface area contributed by atoms with Gasteiger partial charge in [0.2, 0.25) is 10.0 Å². The molecule has 0 saturated heterocycles. The normalized spacial score (nSPS) is 11.2. The first kappa shape index (κ1) is 15.3. The van der Waals surface area contributed by atoms with Crippen LogP contribution in [0.5, 0.6) is 0 Å². The number of anilines is 1. The van der Waals surface area contributed by atoms with Gasteiger partial charge in [-0.2, -0.15) is 0 Å². The molecule has 0 aliphatic carbocycles. The van der Waals surface area contributed by atoms with Gasteiger partial charge < -0.3 is 5.73 Å². The topological polar surface area (TPSA) is 90.9 Å². The molecule has 0 spiro atoms. The lowest BCUT2D eigenvalue weighted by molar-refractivity contribution is 0.588. The standard InChI is InChI=1S/C13H12N4O2S.ClH/c14-12-8-15-13-11(16-12)6-7-17(13)20(18,19)9-10-4-2-1-3-5-10;/h1-8H,9H2,(H2,14,16);1H. The minimum atomic E-state index is -3.54. The van der Waals surface area contributed by atoms with E-state index in [1.165, 1.54) is 12.4 Å². The van der Waals surface area contributed by atoms with Crippen LogP contribution >= 0.6 is 12.4 Å². The number of aromatic nitrogens is 3. The van der Waals surface area contributed by atoms with Gasteiger partial charge in [-0.1, -0.05) is 30.3 Å². The van der Waals surface area contributed by atoms with E-state index in [0.29, 0.717) is 5.52 Å². The van der Waals surface area contributed by atoms with Crippen molar-refractivity contribution >= 4 is 39.4 Å². The lowest BCUT2D eigenvalue weighted by atomic mass is 10.2. The molecule has 3 aromatic rings. The third kappa shape index (κ3) is 2.98. The molecular formula is C13H13ClN4O2S. The monoisotopic (exact) mass is 324 g/mol. The van der Waals surface area contributed by atoms with E-state index in [-0.39, 0.29) is 29.6 Å². The van der Waals surface area contributed by atoms with Crippen LogP contribution in [0.25, 0.3) is 11.2 Å². The maximum absolute atomic E-state index is 12.4. The molecule has 0 unspecified atom stereocenters. The second-order valence-electron chi connectivity index (χ2n) is 4.36. The summed E-state index contributed by atoms with van der Waals surface area (Å²) < 4.78 is 26.0. The first-order valence-electron chi connectivity index (χ1n) is 5.93.